The molecule has 0 saturated heterocycles. The lowest BCUT2D eigenvalue weighted by Gasteiger charge is -2.12. The summed E-state index contributed by atoms with van der Waals surface area (Å²) in [7, 11) is 0. The molecule has 3 nitrogen and oxygen atoms in total. The van der Waals surface area contributed by atoms with Gasteiger partial charge >= 0.3 is 0 Å². The first kappa shape index (κ1) is 12.5. The predicted octanol–water partition coefficient (Wildman–Crippen LogP) is 3.51. The van der Waals surface area contributed by atoms with Gasteiger partial charge in [0.05, 0.1) is 12.9 Å². The molecule has 0 aliphatic carbocycles. The largest absolute Gasteiger partial charge is 0.489 e. The van der Waals surface area contributed by atoms with Crippen LogP contribution in [0.1, 0.15) is 11.1 Å². The fourth-order valence-corrected chi connectivity index (χ4v) is 2.09. The fraction of sp³-hybridized carbons (Fsp3) is 0.118. The number of hydrogen-bond acceptors (Lipinski definition) is 2. The van der Waals surface area contributed by atoms with E-state index >= 15 is 0 Å². The molecule has 0 radical (unpaired) electrons. The first-order valence-corrected chi connectivity index (χ1v) is 6.62. The van der Waals surface area contributed by atoms with Crippen molar-refractivity contribution < 1.29 is 4.74 Å². The lowest BCUT2D eigenvalue weighted by Crippen LogP contribution is -2.02. The molecular weight excluding hydrogens is 248 g/mol. The van der Waals surface area contributed by atoms with Crippen LogP contribution in [0.4, 0.5) is 0 Å². The van der Waals surface area contributed by atoms with Crippen molar-refractivity contribution in [2.24, 2.45) is 0 Å². The minimum absolute atomic E-state index is 0.585. The number of benzene rings is 2. The molecule has 0 bridgehead atoms. The number of ether oxygens (including phenoxy) is 1. The predicted molar refractivity (Wildman–Crippen MR) is 78.5 cm³/mol. The van der Waals surface area contributed by atoms with Crippen LogP contribution >= 0.6 is 0 Å². The summed E-state index contributed by atoms with van der Waals surface area (Å²) in [6.07, 6.45) is 5.55. The highest BCUT2D eigenvalue weighted by Gasteiger charge is 2.04. The van der Waals surface area contributed by atoms with Crippen LogP contribution in [0.5, 0.6) is 5.75 Å². The third-order valence-corrected chi connectivity index (χ3v) is 3.12. The second-order valence-corrected chi connectivity index (χ2v) is 4.62. The number of para-hydroxylation sites is 1. The van der Waals surface area contributed by atoms with Crippen molar-refractivity contribution in [3.05, 3.63) is 84.4 Å². The van der Waals surface area contributed by atoms with Crippen LogP contribution in [0.2, 0.25) is 0 Å². The van der Waals surface area contributed by atoms with Gasteiger partial charge in [0.1, 0.15) is 12.4 Å². The van der Waals surface area contributed by atoms with Gasteiger partial charge < -0.3 is 9.30 Å². The SMILES string of the molecule is c1ccc(COc2ccccc2Cn2ccnc2)cc1. The summed E-state index contributed by atoms with van der Waals surface area (Å²) in [6.45, 7) is 1.35. The zero-order chi connectivity index (χ0) is 13.6. The van der Waals surface area contributed by atoms with Crippen molar-refractivity contribution in [2.45, 2.75) is 13.2 Å². The average molecular weight is 264 g/mol. The molecule has 0 unspecified atom stereocenters. The van der Waals surface area contributed by atoms with Crippen LogP contribution in [-0.2, 0) is 13.2 Å². The van der Waals surface area contributed by atoms with Crippen molar-refractivity contribution in [1.29, 1.82) is 0 Å². The summed E-state index contributed by atoms with van der Waals surface area (Å²) in [5, 5.41) is 0. The summed E-state index contributed by atoms with van der Waals surface area (Å²) >= 11 is 0. The van der Waals surface area contributed by atoms with E-state index in [9.17, 15) is 0 Å². The topological polar surface area (TPSA) is 27.1 Å². The number of hydrogen-bond donors (Lipinski definition) is 0. The van der Waals surface area contributed by atoms with E-state index in [2.05, 4.69) is 23.2 Å². The molecule has 0 N–H and O–H groups in total. The van der Waals surface area contributed by atoms with Gasteiger partial charge in [0.2, 0.25) is 0 Å². The molecule has 3 heteroatoms. The maximum absolute atomic E-state index is 5.94. The maximum Gasteiger partial charge on any atom is 0.124 e. The third kappa shape index (κ3) is 3.06. The van der Waals surface area contributed by atoms with Crippen molar-refractivity contribution in [1.82, 2.24) is 9.55 Å². The highest BCUT2D eigenvalue weighted by atomic mass is 16.5. The first-order chi connectivity index (χ1) is 9.92. The molecule has 0 atom stereocenters. The minimum atomic E-state index is 0.585. The van der Waals surface area contributed by atoms with Gasteiger partial charge in [0, 0.05) is 18.0 Å². The highest BCUT2D eigenvalue weighted by molar-refractivity contribution is 5.33. The summed E-state index contributed by atoms with van der Waals surface area (Å²) in [5.41, 5.74) is 2.33. The molecule has 20 heavy (non-hydrogen) atoms. The van der Waals surface area contributed by atoms with E-state index in [1.54, 1.807) is 6.20 Å². The van der Waals surface area contributed by atoms with Crippen LogP contribution < -0.4 is 4.74 Å². The van der Waals surface area contributed by atoms with E-state index < -0.39 is 0 Å². The molecule has 0 saturated carbocycles. The molecule has 0 amide bonds. The Morgan fingerprint density at radius 2 is 1.75 bits per heavy atom. The van der Waals surface area contributed by atoms with E-state index in [-0.39, 0.29) is 0 Å². The van der Waals surface area contributed by atoms with Gasteiger partial charge in [-0.1, -0.05) is 48.5 Å². The molecule has 3 aromatic rings. The second-order valence-electron chi connectivity index (χ2n) is 4.62. The van der Waals surface area contributed by atoms with Gasteiger partial charge in [-0.05, 0) is 11.6 Å². The zero-order valence-electron chi connectivity index (χ0n) is 11.1. The number of rotatable bonds is 5. The molecule has 1 heterocycles. The Kier molecular flexibility index (Phi) is 3.78. The molecule has 100 valence electrons. The fourth-order valence-electron chi connectivity index (χ4n) is 2.09. The Labute approximate surface area is 118 Å². The first-order valence-electron chi connectivity index (χ1n) is 6.62. The Balaban J connectivity index is 1.73. The number of imidazole rings is 1. The molecule has 0 spiro atoms. The summed E-state index contributed by atoms with van der Waals surface area (Å²) in [6, 6.07) is 18.3. The standard InChI is InChI=1S/C17H16N2O/c1-2-6-15(7-3-1)13-20-17-9-5-4-8-16(17)12-19-11-10-18-14-19/h1-11,14H,12-13H2. The van der Waals surface area contributed by atoms with Gasteiger partial charge in [0.25, 0.3) is 0 Å². The maximum atomic E-state index is 5.94. The van der Waals surface area contributed by atoms with Crippen LogP contribution in [0.15, 0.2) is 73.3 Å². The Morgan fingerprint density at radius 3 is 2.55 bits per heavy atom. The molecule has 3 rings (SSSR count). The third-order valence-electron chi connectivity index (χ3n) is 3.12. The van der Waals surface area contributed by atoms with Gasteiger partial charge in [-0.15, -0.1) is 0 Å². The molecule has 0 aliphatic heterocycles. The average Bonchev–Trinajstić information content (AvgIpc) is 3.00. The lowest BCUT2D eigenvalue weighted by atomic mass is 10.2. The number of aromatic nitrogens is 2. The van der Waals surface area contributed by atoms with Crippen LogP contribution in [0.25, 0.3) is 0 Å². The highest BCUT2D eigenvalue weighted by Crippen LogP contribution is 2.20. The Hall–Kier alpha value is -2.55. The Morgan fingerprint density at radius 1 is 0.950 bits per heavy atom. The van der Waals surface area contributed by atoms with E-state index in [0.717, 1.165) is 17.9 Å². The van der Waals surface area contributed by atoms with Crippen LogP contribution in [0.3, 0.4) is 0 Å². The molecule has 2 aromatic carbocycles. The normalized spacial score (nSPS) is 10.4. The van der Waals surface area contributed by atoms with Gasteiger partial charge in [0.15, 0.2) is 0 Å². The summed E-state index contributed by atoms with van der Waals surface area (Å²) < 4.78 is 7.97. The molecule has 1 aromatic heterocycles. The summed E-state index contributed by atoms with van der Waals surface area (Å²) in [4.78, 5) is 4.06. The van der Waals surface area contributed by atoms with Crippen molar-refractivity contribution in [3.63, 3.8) is 0 Å². The summed E-state index contributed by atoms with van der Waals surface area (Å²) in [5.74, 6) is 0.921. The van der Waals surface area contributed by atoms with E-state index in [0.29, 0.717) is 6.61 Å². The zero-order valence-corrected chi connectivity index (χ0v) is 11.1. The molecule has 0 aliphatic rings. The van der Waals surface area contributed by atoms with Crippen LogP contribution in [0, 0.1) is 0 Å². The van der Waals surface area contributed by atoms with Gasteiger partial charge in [-0.3, -0.25) is 0 Å². The van der Waals surface area contributed by atoms with E-state index in [4.69, 9.17) is 4.74 Å². The van der Waals surface area contributed by atoms with Crippen molar-refractivity contribution in [3.8, 4) is 5.75 Å². The Bertz CT molecular complexity index is 648. The minimum Gasteiger partial charge on any atom is -0.489 e. The van der Waals surface area contributed by atoms with Crippen molar-refractivity contribution >= 4 is 0 Å². The number of nitrogens with zero attached hydrogens (tertiary/aromatic N) is 2. The van der Waals surface area contributed by atoms with Gasteiger partial charge in [-0.25, -0.2) is 4.98 Å². The van der Waals surface area contributed by atoms with Gasteiger partial charge in [-0.2, -0.15) is 0 Å². The quantitative estimate of drug-likeness (QED) is 0.705. The van der Waals surface area contributed by atoms with Crippen LogP contribution in [-0.4, -0.2) is 9.55 Å². The monoisotopic (exact) mass is 264 g/mol. The van der Waals surface area contributed by atoms with Crippen molar-refractivity contribution in [2.75, 3.05) is 0 Å². The lowest BCUT2D eigenvalue weighted by molar-refractivity contribution is 0.302. The van der Waals surface area contributed by atoms with E-state index in [1.165, 1.54) is 5.56 Å². The molecular formula is C17H16N2O. The van der Waals surface area contributed by atoms with E-state index in [1.807, 2.05) is 53.5 Å². The smallest absolute Gasteiger partial charge is 0.124 e. The second kappa shape index (κ2) is 6.06. The molecule has 0 fully saturated rings.